The van der Waals surface area contributed by atoms with Gasteiger partial charge in [-0.3, -0.25) is 14.4 Å². The van der Waals surface area contributed by atoms with E-state index in [9.17, 15) is 14.4 Å². The number of piperidine rings is 1. The van der Waals surface area contributed by atoms with Crippen molar-refractivity contribution < 1.29 is 19.1 Å². The second-order valence-electron chi connectivity index (χ2n) is 11.9. The summed E-state index contributed by atoms with van der Waals surface area (Å²) in [4.78, 5) is 45.0. The van der Waals surface area contributed by atoms with Crippen LogP contribution in [0.3, 0.4) is 0 Å². The SMILES string of the molecule is CN(C)c1cccc(C(=O)N2CC[C@@H]3NC(=O)[C@@H](Cc4ccccc4)NC(=O)C4(C/C=C/C[C@@H]3C2)CCOCC4)c1. The van der Waals surface area contributed by atoms with Crippen molar-refractivity contribution in [1.29, 1.82) is 0 Å². The van der Waals surface area contributed by atoms with Gasteiger partial charge >= 0.3 is 0 Å². The highest BCUT2D eigenvalue weighted by Crippen LogP contribution is 2.36. The highest BCUT2D eigenvalue weighted by Gasteiger charge is 2.41. The fourth-order valence-electron chi connectivity index (χ4n) is 6.26. The van der Waals surface area contributed by atoms with Gasteiger partial charge in [-0.2, -0.15) is 0 Å². The van der Waals surface area contributed by atoms with Crippen molar-refractivity contribution in [3.8, 4) is 0 Å². The largest absolute Gasteiger partial charge is 0.381 e. The number of amides is 3. The van der Waals surface area contributed by atoms with Crippen LogP contribution in [0, 0.1) is 11.3 Å². The summed E-state index contributed by atoms with van der Waals surface area (Å²) in [5.41, 5.74) is 2.07. The lowest BCUT2D eigenvalue weighted by Gasteiger charge is -2.40. The summed E-state index contributed by atoms with van der Waals surface area (Å²) >= 11 is 0. The molecule has 2 aromatic carbocycles. The molecule has 0 unspecified atom stereocenters. The highest BCUT2D eigenvalue weighted by molar-refractivity contribution is 5.95. The van der Waals surface area contributed by atoms with E-state index in [1.165, 1.54) is 0 Å². The molecule has 0 aliphatic carbocycles. The first kappa shape index (κ1) is 28.9. The molecule has 3 aliphatic rings. The van der Waals surface area contributed by atoms with Gasteiger partial charge in [0.05, 0.1) is 5.41 Å². The molecule has 8 nitrogen and oxygen atoms in total. The molecule has 3 amide bonds. The van der Waals surface area contributed by atoms with Crippen LogP contribution < -0.4 is 15.5 Å². The van der Waals surface area contributed by atoms with Crippen LogP contribution in [-0.4, -0.2) is 75.1 Å². The number of hydrogen-bond acceptors (Lipinski definition) is 5. The Balaban J connectivity index is 1.38. The number of nitrogens with zero attached hydrogens (tertiary/aromatic N) is 2. The maximum absolute atomic E-state index is 13.8. The number of hydrogen-bond donors (Lipinski definition) is 2. The van der Waals surface area contributed by atoms with E-state index in [0.717, 1.165) is 17.7 Å². The van der Waals surface area contributed by atoms with Gasteiger partial charge in [0.2, 0.25) is 11.8 Å². The molecular formula is C33H42N4O4. The fraction of sp³-hybridized carbons (Fsp3) is 0.485. The van der Waals surface area contributed by atoms with E-state index in [1.807, 2.05) is 78.5 Å². The summed E-state index contributed by atoms with van der Waals surface area (Å²) in [6.07, 6.45) is 7.94. The van der Waals surface area contributed by atoms with Gasteiger partial charge in [-0.15, -0.1) is 0 Å². The summed E-state index contributed by atoms with van der Waals surface area (Å²) in [5.74, 6) is -0.145. The molecule has 0 aromatic heterocycles. The maximum Gasteiger partial charge on any atom is 0.253 e. The number of carbonyl (C=O) groups is 3. The van der Waals surface area contributed by atoms with E-state index >= 15 is 0 Å². The molecule has 0 radical (unpaired) electrons. The summed E-state index contributed by atoms with van der Waals surface area (Å²) in [7, 11) is 3.93. The van der Waals surface area contributed by atoms with Crippen LogP contribution in [0.1, 0.15) is 48.0 Å². The lowest BCUT2D eigenvalue weighted by Crippen LogP contribution is -2.58. The van der Waals surface area contributed by atoms with E-state index in [1.54, 1.807) is 0 Å². The van der Waals surface area contributed by atoms with Gasteiger partial charge < -0.3 is 25.2 Å². The molecule has 1 spiro atoms. The highest BCUT2D eigenvalue weighted by atomic mass is 16.5. The van der Waals surface area contributed by atoms with Gasteiger partial charge in [-0.1, -0.05) is 48.6 Å². The average Bonchev–Trinajstić information content (AvgIpc) is 2.99. The van der Waals surface area contributed by atoms with Gasteiger partial charge in [0.1, 0.15) is 6.04 Å². The third-order valence-electron chi connectivity index (χ3n) is 8.91. The zero-order chi connectivity index (χ0) is 28.8. The number of ether oxygens (including phenoxy) is 1. The van der Waals surface area contributed by atoms with Crippen LogP contribution in [0.25, 0.3) is 0 Å². The van der Waals surface area contributed by atoms with E-state index < -0.39 is 11.5 Å². The van der Waals surface area contributed by atoms with Crippen molar-refractivity contribution in [2.75, 3.05) is 45.3 Å². The second kappa shape index (κ2) is 12.9. The molecule has 2 aromatic rings. The fourth-order valence-corrected chi connectivity index (χ4v) is 6.26. The van der Waals surface area contributed by atoms with Crippen LogP contribution in [0.15, 0.2) is 66.7 Å². The van der Waals surface area contributed by atoms with E-state index in [0.29, 0.717) is 64.0 Å². The van der Waals surface area contributed by atoms with Gasteiger partial charge in [0, 0.05) is 70.0 Å². The number of carbonyl (C=O) groups excluding carboxylic acids is 3. The van der Waals surface area contributed by atoms with Gasteiger partial charge in [-0.05, 0) is 55.9 Å². The first-order valence-corrected chi connectivity index (χ1v) is 14.8. The monoisotopic (exact) mass is 558 g/mol. The molecule has 3 heterocycles. The van der Waals surface area contributed by atoms with Gasteiger partial charge in [0.15, 0.2) is 0 Å². The summed E-state index contributed by atoms with van der Waals surface area (Å²) < 4.78 is 5.60. The molecule has 3 aliphatic heterocycles. The summed E-state index contributed by atoms with van der Waals surface area (Å²) in [6, 6.07) is 16.8. The molecule has 2 saturated heterocycles. The standard InChI is InChI=1S/C33H42N4O4/c1-36(2)27-13-8-12-25(22-27)31(39)37-18-14-28-26(23-37)11-6-7-15-33(16-19-41-20-17-33)32(40)35-29(30(38)34-28)21-24-9-4-3-5-10-24/h3-10,12-13,22,26,28-29H,11,14-21,23H2,1-2H3,(H,34,38)(H,35,40)/b7-6+/t26-,28+,29-/m1/s1. The van der Waals surface area contributed by atoms with Gasteiger partial charge in [-0.25, -0.2) is 0 Å². The molecule has 2 fully saturated rings. The quantitative estimate of drug-likeness (QED) is 0.560. The molecular weight excluding hydrogens is 516 g/mol. The first-order chi connectivity index (χ1) is 19.8. The molecule has 2 N–H and O–H groups in total. The maximum atomic E-state index is 13.8. The lowest BCUT2D eigenvalue weighted by atomic mass is 9.75. The molecule has 0 saturated carbocycles. The Bertz CT molecular complexity index is 1250. The van der Waals surface area contributed by atoms with Crippen molar-refractivity contribution >= 4 is 23.4 Å². The van der Waals surface area contributed by atoms with E-state index in [-0.39, 0.29) is 29.7 Å². The molecule has 0 bridgehead atoms. The number of likely N-dealkylation sites (tertiary alicyclic amines) is 1. The van der Waals surface area contributed by atoms with Crippen molar-refractivity contribution in [3.05, 3.63) is 77.9 Å². The smallest absolute Gasteiger partial charge is 0.253 e. The number of benzene rings is 2. The molecule has 41 heavy (non-hydrogen) atoms. The molecule has 3 atom stereocenters. The zero-order valence-electron chi connectivity index (χ0n) is 24.2. The summed E-state index contributed by atoms with van der Waals surface area (Å²) in [5, 5.41) is 6.43. The predicted octanol–water partition coefficient (Wildman–Crippen LogP) is 3.57. The Morgan fingerprint density at radius 2 is 1.80 bits per heavy atom. The van der Waals surface area contributed by atoms with Crippen molar-refractivity contribution in [1.82, 2.24) is 15.5 Å². The molecule has 218 valence electrons. The molecule has 5 rings (SSSR count). The zero-order valence-corrected chi connectivity index (χ0v) is 24.2. The summed E-state index contributed by atoms with van der Waals surface area (Å²) in [6.45, 7) is 2.20. The van der Waals surface area contributed by atoms with Crippen LogP contribution in [-0.2, 0) is 20.7 Å². The van der Waals surface area contributed by atoms with E-state index in [4.69, 9.17) is 4.74 Å². The number of rotatable bonds is 4. The lowest BCUT2D eigenvalue weighted by molar-refractivity contribution is -0.140. The van der Waals surface area contributed by atoms with Crippen LogP contribution in [0.2, 0.25) is 0 Å². The number of fused-ring (bicyclic) bond motifs is 1. The van der Waals surface area contributed by atoms with Crippen molar-refractivity contribution in [2.24, 2.45) is 11.3 Å². The van der Waals surface area contributed by atoms with Crippen molar-refractivity contribution in [3.63, 3.8) is 0 Å². The Morgan fingerprint density at radius 1 is 1.02 bits per heavy atom. The van der Waals surface area contributed by atoms with Crippen LogP contribution in [0.4, 0.5) is 5.69 Å². The Labute approximate surface area is 243 Å². The number of allylic oxidation sites excluding steroid dienone is 2. The van der Waals surface area contributed by atoms with Crippen molar-refractivity contribution in [2.45, 2.75) is 50.6 Å². The first-order valence-electron chi connectivity index (χ1n) is 14.8. The Morgan fingerprint density at radius 3 is 2.56 bits per heavy atom. The minimum absolute atomic E-state index is 0.0175. The normalized spacial score (nSPS) is 25.6. The third kappa shape index (κ3) is 6.81. The van der Waals surface area contributed by atoms with Crippen LogP contribution in [0.5, 0.6) is 0 Å². The second-order valence-corrected chi connectivity index (χ2v) is 11.9. The third-order valence-corrected chi connectivity index (χ3v) is 8.91. The Hall–Kier alpha value is -3.65. The number of nitrogens with one attached hydrogen (secondary N) is 2. The van der Waals surface area contributed by atoms with Gasteiger partial charge in [0.25, 0.3) is 5.91 Å². The van der Waals surface area contributed by atoms with E-state index in [2.05, 4.69) is 22.8 Å². The Kier molecular flexibility index (Phi) is 9.08. The number of anilines is 1. The molecule has 8 heteroatoms. The average molecular weight is 559 g/mol. The predicted molar refractivity (Wildman–Crippen MR) is 160 cm³/mol. The minimum atomic E-state index is -0.679. The minimum Gasteiger partial charge on any atom is -0.381 e. The topological polar surface area (TPSA) is 91.0 Å². The van der Waals surface area contributed by atoms with Crippen LogP contribution >= 0.6 is 0 Å².